The van der Waals surface area contributed by atoms with Crippen molar-refractivity contribution >= 4 is 17.2 Å². The van der Waals surface area contributed by atoms with Crippen molar-refractivity contribution in [1.29, 1.82) is 0 Å². The third-order valence-electron chi connectivity index (χ3n) is 5.61. The van der Waals surface area contributed by atoms with Gasteiger partial charge >= 0.3 is 0 Å². The Hall–Kier alpha value is -2.55. The molecule has 0 N–H and O–H groups in total. The predicted molar refractivity (Wildman–Crippen MR) is 96.7 cm³/mol. The first-order chi connectivity index (χ1) is 11.8. The Morgan fingerprint density at radius 1 is 0.792 bits per heavy atom. The summed E-state index contributed by atoms with van der Waals surface area (Å²) in [4.78, 5) is 17.4. The van der Waals surface area contributed by atoms with E-state index in [-0.39, 0.29) is 17.9 Å². The van der Waals surface area contributed by atoms with Crippen LogP contribution >= 0.6 is 0 Å². The van der Waals surface area contributed by atoms with Crippen LogP contribution in [-0.4, -0.2) is 31.0 Å². The maximum absolute atomic E-state index is 12.7. The van der Waals surface area contributed by atoms with E-state index in [0.717, 1.165) is 25.9 Å². The lowest BCUT2D eigenvalue weighted by molar-refractivity contribution is -0.115. The second-order valence-electron chi connectivity index (χ2n) is 6.84. The Labute approximate surface area is 142 Å². The summed E-state index contributed by atoms with van der Waals surface area (Å²) in [5.74, 6) is 0.237. The molecule has 3 heteroatoms. The summed E-state index contributed by atoms with van der Waals surface area (Å²) >= 11 is 0. The first-order valence-corrected chi connectivity index (χ1v) is 8.74. The van der Waals surface area contributed by atoms with Gasteiger partial charge in [0.05, 0.1) is 6.04 Å². The van der Waals surface area contributed by atoms with Gasteiger partial charge in [-0.3, -0.25) is 4.79 Å². The highest BCUT2D eigenvalue weighted by Crippen LogP contribution is 2.37. The van der Waals surface area contributed by atoms with E-state index in [0.29, 0.717) is 0 Å². The summed E-state index contributed by atoms with van der Waals surface area (Å²) < 4.78 is 0. The van der Waals surface area contributed by atoms with E-state index in [9.17, 15) is 4.79 Å². The molecule has 0 radical (unpaired) electrons. The molecule has 5 rings (SSSR count). The number of fused-ring (bicyclic) bond motifs is 2. The van der Waals surface area contributed by atoms with Crippen molar-refractivity contribution in [3.05, 3.63) is 71.8 Å². The Balaban J connectivity index is 1.52. The van der Waals surface area contributed by atoms with Crippen molar-refractivity contribution in [1.82, 2.24) is 0 Å². The van der Waals surface area contributed by atoms with Crippen LogP contribution in [0.5, 0.6) is 0 Å². The third kappa shape index (κ3) is 1.94. The van der Waals surface area contributed by atoms with E-state index >= 15 is 0 Å². The van der Waals surface area contributed by atoms with Crippen LogP contribution in [-0.2, 0) is 17.6 Å². The van der Waals surface area contributed by atoms with Crippen molar-refractivity contribution < 1.29 is 4.79 Å². The molecule has 0 saturated carbocycles. The molecule has 0 amide bonds. The first-order valence-electron chi connectivity index (χ1n) is 8.74. The van der Waals surface area contributed by atoms with Gasteiger partial charge in [-0.05, 0) is 42.2 Å². The summed E-state index contributed by atoms with van der Waals surface area (Å²) in [5, 5.41) is 0. The molecule has 0 spiro atoms. The normalized spacial score (nSPS) is 24.6. The van der Waals surface area contributed by atoms with Crippen LogP contribution in [0.1, 0.15) is 11.1 Å². The van der Waals surface area contributed by atoms with Crippen molar-refractivity contribution in [3.63, 3.8) is 0 Å². The van der Waals surface area contributed by atoms with E-state index < -0.39 is 0 Å². The lowest BCUT2D eigenvalue weighted by Gasteiger charge is -2.36. The molecule has 2 atom stereocenters. The molecular formula is C21H20N2O. The molecule has 0 fully saturated rings. The van der Waals surface area contributed by atoms with E-state index in [1.807, 2.05) is 0 Å². The highest BCUT2D eigenvalue weighted by atomic mass is 16.1. The van der Waals surface area contributed by atoms with Crippen molar-refractivity contribution in [3.8, 4) is 0 Å². The van der Waals surface area contributed by atoms with E-state index in [2.05, 4.69) is 64.4 Å². The number of carbonyl (C=O) groups excluding carboxylic acids is 1. The molecule has 3 nitrogen and oxygen atoms in total. The minimum absolute atomic E-state index is 0.0974. The largest absolute Gasteiger partial charge is 0.362 e. The Kier molecular flexibility index (Phi) is 3.02. The Morgan fingerprint density at radius 2 is 1.38 bits per heavy atom. The van der Waals surface area contributed by atoms with Crippen LogP contribution in [0, 0.1) is 0 Å². The Morgan fingerprint density at radius 3 is 2.08 bits per heavy atom. The van der Waals surface area contributed by atoms with Crippen LogP contribution in [0.4, 0.5) is 11.4 Å². The van der Waals surface area contributed by atoms with Crippen molar-refractivity contribution in [2.45, 2.75) is 24.9 Å². The molecular weight excluding hydrogens is 296 g/mol. The van der Waals surface area contributed by atoms with Gasteiger partial charge in [-0.1, -0.05) is 42.5 Å². The quantitative estimate of drug-likeness (QED) is 0.851. The number of hydrogen-bond acceptors (Lipinski definition) is 3. The zero-order valence-corrected chi connectivity index (χ0v) is 13.6. The summed E-state index contributed by atoms with van der Waals surface area (Å²) in [6, 6.07) is 17.1. The number of carbonyl (C=O) groups is 1. The number of para-hydroxylation sites is 2. The molecule has 0 bridgehead atoms. The summed E-state index contributed by atoms with van der Waals surface area (Å²) in [7, 11) is 0. The third-order valence-corrected chi connectivity index (χ3v) is 5.61. The minimum Gasteiger partial charge on any atom is -0.362 e. The molecule has 0 unspecified atom stereocenters. The molecule has 120 valence electrons. The second kappa shape index (κ2) is 5.23. The maximum atomic E-state index is 12.7. The smallest absolute Gasteiger partial charge is 0.180 e. The molecule has 2 aromatic rings. The van der Waals surface area contributed by atoms with Crippen molar-refractivity contribution in [2.24, 2.45) is 0 Å². The molecule has 2 heterocycles. The zero-order valence-electron chi connectivity index (χ0n) is 13.6. The number of ketones is 1. The molecule has 3 aliphatic rings. The molecule has 1 aliphatic carbocycles. The van der Waals surface area contributed by atoms with Crippen LogP contribution in [0.15, 0.2) is 60.7 Å². The van der Waals surface area contributed by atoms with E-state index in [4.69, 9.17) is 0 Å². The molecule has 0 aromatic heterocycles. The monoisotopic (exact) mass is 316 g/mol. The van der Waals surface area contributed by atoms with Gasteiger partial charge in [0.25, 0.3) is 0 Å². The van der Waals surface area contributed by atoms with Crippen molar-refractivity contribution in [2.75, 3.05) is 22.9 Å². The van der Waals surface area contributed by atoms with Crippen LogP contribution in [0.2, 0.25) is 0 Å². The fraction of sp³-hybridized carbons (Fsp3) is 0.286. The highest BCUT2D eigenvalue weighted by molar-refractivity contribution is 6.01. The van der Waals surface area contributed by atoms with Gasteiger partial charge in [0.2, 0.25) is 0 Å². The predicted octanol–water partition coefficient (Wildman–Crippen LogP) is 2.99. The lowest BCUT2D eigenvalue weighted by Crippen LogP contribution is -2.51. The van der Waals surface area contributed by atoms with Crippen LogP contribution < -0.4 is 9.80 Å². The summed E-state index contributed by atoms with van der Waals surface area (Å²) in [6.45, 7) is 1.93. The standard InChI is InChI=1S/C21H20N2O/c24-20-10-9-19(22-13-11-15-5-1-3-7-17(15)22)21(20)23-14-12-16-6-2-4-8-18(16)23/h1-10,19,21H,11-14H2/t19-,21+/m0/s1. The summed E-state index contributed by atoms with van der Waals surface area (Å²) in [5.41, 5.74) is 5.28. The number of benzene rings is 2. The fourth-order valence-electron chi connectivity index (χ4n) is 4.50. The molecule has 24 heavy (non-hydrogen) atoms. The van der Waals surface area contributed by atoms with Gasteiger partial charge in [-0.2, -0.15) is 0 Å². The number of anilines is 2. The maximum Gasteiger partial charge on any atom is 0.180 e. The average Bonchev–Trinajstić information content (AvgIpc) is 3.31. The average molecular weight is 316 g/mol. The zero-order chi connectivity index (χ0) is 16.1. The van der Waals surface area contributed by atoms with Gasteiger partial charge in [0.15, 0.2) is 5.78 Å². The number of rotatable bonds is 2. The number of hydrogen-bond donors (Lipinski definition) is 0. The van der Waals surface area contributed by atoms with Gasteiger partial charge in [-0.25, -0.2) is 0 Å². The Bertz CT molecular complexity index is 841. The first kappa shape index (κ1) is 13.8. The van der Waals surface area contributed by atoms with Gasteiger partial charge in [0, 0.05) is 24.5 Å². The SMILES string of the molecule is O=C1C=C[C@H](N2CCc3ccccc32)[C@H]1N1CCc2ccccc21. The van der Waals surface area contributed by atoms with Gasteiger partial charge in [0.1, 0.15) is 6.04 Å². The van der Waals surface area contributed by atoms with Gasteiger partial charge in [-0.15, -0.1) is 0 Å². The molecule has 2 aromatic carbocycles. The van der Waals surface area contributed by atoms with E-state index in [1.165, 1.54) is 22.5 Å². The van der Waals surface area contributed by atoms with E-state index in [1.54, 1.807) is 6.08 Å². The topological polar surface area (TPSA) is 23.6 Å². The molecule has 2 aliphatic heterocycles. The second-order valence-corrected chi connectivity index (χ2v) is 6.84. The minimum atomic E-state index is -0.0974. The lowest BCUT2D eigenvalue weighted by atomic mass is 10.1. The van der Waals surface area contributed by atoms with Crippen LogP contribution in [0.25, 0.3) is 0 Å². The number of nitrogens with zero attached hydrogens (tertiary/aromatic N) is 2. The van der Waals surface area contributed by atoms with Gasteiger partial charge < -0.3 is 9.80 Å². The van der Waals surface area contributed by atoms with Crippen LogP contribution in [0.3, 0.4) is 0 Å². The highest BCUT2D eigenvalue weighted by Gasteiger charge is 2.42. The molecule has 0 saturated heterocycles. The summed E-state index contributed by atoms with van der Waals surface area (Å²) in [6.07, 6.45) is 5.99. The fourth-order valence-corrected chi connectivity index (χ4v) is 4.50.